The lowest BCUT2D eigenvalue weighted by Gasteiger charge is -2.18. The Morgan fingerprint density at radius 2 is 2.16 bits per heavy atom. The summed E-state index contributed by atoms with van der Waals surface area (Å²) in [7, 11) is 0. The van der Waals surface area contributed by atoms with Crippen molar-refractivity contribution in [3.05, 3.63) is 59.6 Å². The maximum atomic E-state index is 13.3. The number of benzene rings is 1. The Balaban J connectivity index is 1.59. The molecule has 0 bridgehead atoms. The van der Waals surface area contributed by atoms with Gasteiger partial charge in [-0.1, -0.05) is 6.07 Å². The maximum absolute atomic E-state index is 13.3. The molecule has 0 radical (unpaired) electrons. The Morgan fingerprint density at radius 1 is 1.36 bits per heavy atom. The summed E-state index contributed by atoms with van der Waals surface area (Å²) in [6.45, 7) is 2.31. The van der Waals surface area contributed by atoms with Crippen LogP contribution in [0, 0.1) is 17.6 Å². The highest BCUT2D eigenvalue weighted by Crippen LogP contribution is 2.22. The molecule has 5 nitrogen and oxygen atoms in total. The van der Waals surface area contributed by atoms with Crippen LogP contribution in [-0.4, -0.2) is 23.3 Å². The lowest BCUT2D eigenvalue weighted by atomic mass is 10.0. The van der Waals surface area contributed by atoms with Crippen molar-refractivity contribution in [1.29, 1.82) is 0 Å². The molecule has 7 heteroatoms. The Kier molecular flexibility index (Phi) is 4.83. The van der Waals surface area contributed by atoms with E-state index in [2.05, 4.69) is 5.32 Å². The van der Waals surface area contributed by atoms with Gasteiger partial charge < -0.3 is 14.6 Å². The zero-order chi connectivity index (χ0) is 18.0. The lowest BCUT2D eigenvalue weighted by molar-refractivity contribution is -0.129. The summed E-state index contributed by atoms with van der Waals surface area (Å²) >= 11 is 0. The predicted molar refractivity (Wildman–Crippen MR) is 85.1 cm³/mol. The number of carbonyl (C=O) groups is 2. The zero-order valence-corrected chi connectivity index (χ0v) is 13.7. The van der Waals surface area contributed by atoms with Gasteiger partial charge in [-0.2, -0.15) is 0 Å². The number of hydrogen-bond donors (Lipinski definition) is 1. The first-order valence-corrected chi connectivity index (χ1v) is 7.99. The van der Waals surface area contributed by atoms with Gasteiger partial charge in [0.05, 0.1) is 24.8 Å². The number of carbonyl (C=O) groups excluding carboxylic acids is 2. The molecule has 2 heterocycles. The molecule has 1 N–H and O–H groups in total. The second-order valence-corrected chi connectivity index (χ2v) is 6.16. The van der Waals surface area contributed by atoms with Crippen LogP contribution in [0.2, 0.25) is 0 Å². The Hall–Kier alpha value is -2.70. The summed E-state index contributed by atoms with van der Waals surface area (Å²) in [5.41, 5.74) is 0.462. The predicted octanol–water partition coefficient (Wildman–Crippen LogP) is 2.78. The third kappa shape index (κ3) is 3.87. The largest absolute Gasteiger partial charge is 0.467 e. The average Bonchev–Trinajstić information content (AvgIpc) is 3.21. The van der Waals surface area contributed by atoms with Crippen molar-refractivity contribution in [3.8, 4) is 0 Å². The van der Waals surface area contributed by atoms with Gasteiger partial charge in [-0.05, 0) is 36.8 Å². The molecule has 2 atom stereocenters. The molecule has 1 aliphatic rings. The minimum atomic E-state index is -0.959. The summed E-state index contributed by atoms with van der Waals surface area (Å²) in [5.74, 6) is -2.11. The summed E-state index contributed by atoms with van der Waals surface area (Å²) in [5, 5.41) is 2.75. The fourth-order valence-corrected chi connectivity index (χ4v) is 2.89. The molecule has 1 fully saturated rings. The van der Waals surface area contributed by atoms with Crippen molar-refractivity contribution in [2.45, 2.75) is 25.9 Å². The number of nitrogens with one attached hydrogen (secondary N) is 1. The van der Waals surface area contributed by atoms with E-state index >= 15 is 0 Å². The van der Waals surface area contributed by atoms with E-state index in [0.29, 0.717) is 24.4 Å². The minimum Gasteiger partial charge on any atom is -0.467 e. The van der Waals surface area contributed by atoms with E-state index in [1.165, 1.54) is 12.3 Å². The van der Waals surface area contributed by atoms with E-state index in [1.54, 1.807) is 24.0 Å². The van der Waals surface area contributed by atoms with E-state index in [4.69, 9.17) is 4.42 Å². The monoisotopic (exact) mass is 348 g/mol. The number of furan rings is 1. The Bertz CT molecular complexity index is 777. The lowest BCUT2D eigenvalue weighted by Crippen LogP contribution is -2.34. The van der Waals surface area contributed by atoms with Gasteiger partial charge in [0.2, 0.25) is 11.8 Å². The summed E-state index contributed by atoms with van der Waals surface area (Å²) in [4.78, 5) is 26.0. The van der Waals surface area contributed by atoms with Crippen LogP contribution in [-0.2, 0) is 16.1 Å². The minimum absolute atomic E-state index is 0.114. The van der Waals surface area contributed by atoms with Crippen LogP contribution < -0.4 is 5.32 Å². The van der Waals surface area contributed by atoms with Crippen LogP contribution in [0.25, 0.3) is 0 Å². The van der Waals surface area contributed by atoms with Crippen LogP contribution >= 0.6 is 0 Å². The van der Waals surface area contributed by atoms with Gasteiger partial charge >= 0.3 is 0 Å². The second-order valence-electron chi connectivity index (χ2n) is 6.16. The molecule has 3 rings (SSSR count). The topological polar surface area (TPSA) is 62.6 Å². The van der Waals surface area contributed by atoms with E-state index in [1.807, 2.05) is 0 Å². The number of nitrogens with zero attached hydrogens (tertiary/aromatic N) is 1. The molecule has 1 aromatic heterocycles. The molecule has 25 heavy (non-hydrogen) atoms. The van der Waals surface area contributed by atoms with Crippen molar-refractivity contribution >= 4 is 11.8 Å². The van der Waals surface area contributed by atoms with Crippen LogP contribution in [0.5, 0.6) is 0 Å². The summed E-state index contributed by atoms with van der Waals surface area (Å²) in [6.07, 6.45) is 1.65. The van der Waals surface area contributed by atoms with Crippen LogP contribution in [0.4, 0.5) is 8.78 Å². The standard InChI is InChI=1S/C18H18F2N2O3/c1-11(12-4-5-15(19)16(20)7-12)21-18(24)13-8-17(23)22(9-13)10-14-3-2-6-25-14/h2-7,11,13H,8-10H2,1H3,(H,21,24). The number of halogens is 2. The maximum Gasteiger partial charge on any atom is 0.225 e. The van der Waals surface area contributed by atoms with Gasteiger partial charge in [0.15, 0.2) is 11.6 Å². The van der Waals surface area contributed by atoms with Crippen molar-refractivity contribution in [1.82, 2.24) is 10.2 Å². The normalized spacial score (nSPS) is 18.4. The first-order valence-electron chi connectivity index (χ1n) is 7.99. The number of rotatable bonds is 5. The summed E-state index contributed by atoms with van der Waals surface area (Å²) < 4.78 is 31.5. The summed E-state index contributed by atoms with van der Waals surface area (Å²) in [6, 6.07) is 6.53. The fourth-order valence-electron chi connectivity index (χ4n) is 2.89. The van der Waals surface area contributed by atoms with Gasteiger partial charge in [0, 0.05) is 13.0 Å². The molecule has 1 aliphatic heterocycles. The van der Waals surface area contributed by atoms with Gasteiger partial charge in [-0.3, -0.25) is 9.59 Å². The third-order valence-electron chi connectivity index (χ3n) is 4.31. The molecule has 2 aromatic rings. The van der Waals surface area contributed by atoms with Crippen molar-refractivity contribution < 1.29 is 22.8 Å². The molecule has 0 spiro atoms. The molecule has 1 aromatic carbocycles. The van der Waals surface area contributed by atoms with Crippen LogP contribution in [0.3, 0.4) is 0 Å². The number of amides is 2. The molecule has 2 unspecified atom stereocenters. The average molecular weight is 348 g/mol. The first-order chi connectivity index (χ1) is 11.9. The van der Waals surface area contributed by atoms with Crippen LogP contribution in [0.1, 0.15) is 30.7 Å². The zero-order valence-electron chi connectivity index (χ0n) is 13.7. The Morgan fingerprint density at radius 3 is 2.84 bits per heavy atom. The molecular formula is C18H18F2N2O3. The Labute approximate surface area is 143 Å². The van der Waals surface area contributed by atoms with Crippen molar-refractivity contribution in [3.63, 3.8) is 0 Å². The van der Waals surface area contributed by atoms with Gasteiger partial charge in [-0.15, -0.1) is 0 Å². The van der Waals surface area contributed by atoms with E-state index in [0.717, 1.165) is 12.1 Å². The number of likely N-dealkylation sites (tertiary alicyclic amines) is 1. The molecule has 0 aliphatic carbocycles. The quantitative estimate of drug-likeness (QED) is 0.904. The SMILES string of the molecule is CC(NC(=O)C1CC(=O)N(Cc2ccco2)C1)c1ccc(F)c(F)c1. The molecule has 132 valence electrons. The van der Waals surface area contributed by atoms with E-state index in [-0.39, 0.29) is 18.2 Å². The molecule has 0 saturated carbocycles. The third-order valence-corrected chi connectivity index (χ3v) is 4.31. The van der Waals surface area contributed by atoms with Gasteiger partial charge in [0.1, 0.15) is 5.76 Å². The highest BCUT2D eigenvalue weighted by atomic mass is 19.2. The highest BCUT2D eigenvalue weighted by Gasteiger charge is 2.35. The van der Waals surface area contributed by atoms with Gasteiger partial charge in [0.25, 0.3) is 0 Å². The second kappa shape index (κ2) is 7.04. The highest BCUT2D eigenvalue weighted by molar-refractivity contribution is 5.89. The van der Waals surface area contributed by atoms with E-state index < -0.39 is 23.6 Å². The van der Waals surface area contributed by atoms with Crippen molar-refractivity contribution in [2.75, 3.05) is 6.54 Å². The molecular weight excluding hydrogens is 330 g/mol. The van der Waals surface area contributed by atoms with Crippen LogP contribution in [0.15, 0.2) is 41.0 Å². The first kappa shape index (κ1) is 17.1. The van der Waals surface area contributed by atoms with Crippen molar-refractivity contribution in [2.24, 2.45) is 5.92 Å². The van der Waals surface area contributed by atoms with E-state index in [9.17, 15) is 18.4 Å². The molecule has 1 saturated heterocycles. The molecule has 2 amide bonds. The van der Waals surface area contributed by atoms with Gasteiger partial charge in [-0.25, -0.2) is 8.78 Å². The number of hydrogen-bond acceptors (Lipinski definition) is 3. The fraction of sp³-hybridized carbons (Fsp3) is 0.333. The smallest absolute Gasteiger partial charge is 0.225 e.